The molecule has 0 bridgehead atoms. The molecule has 0 aliphatic carbocycles. The summed E-state index contributed by atoms with van der Waals surface area (Å²) < 4.78 is 16.8. The lowest BCUT2D eigenvalue weighted by molar-refractivity contribution is -0.167. The van der Waals surface area contributed by atoms with E-state index < -0.39 is 6.10 Å². The Morgan fingerprint density at radius 3 is 0.844 bits per heavy atom. The molecule has 0 rings (SSSR count). The third kappa shape index (κ3) is 61.8. The van der Waals surface area contributed by atoms with Crippen LogP contribution in [-0.4, -0.2) is 37.2 Å². The Balaban J connectivity index is 4.31. The van der Waals surface area contributed by atoms with E-state index in [9.17, 15) is 14.4 Å². The highest BCUT2D eigenvalue weighted by Crippen LogP contribution is 2.14. The molecule has 0 aliphatic heterocycles. The van der Waals surface area contributed by atoms with Crippen molar-refractivity contribution in [1.29, 1.82) is 0 Å². The van der Waals surface area contributed by atoms with E-state index in [4.69, 9.17) is 14.2 Å². The summed E-state index contributed by atoms with van der Waals surface area (Å²) in [7, 11) is 0. The molecule has 1 atom stereocenters. The molecule has 0 saturated heterocycles. The fourth-order valence-electron chi connectivity index (χ4n) is 7.96. The summed E-state index contributed by atoms with van der Waals surface area (Å²) in [5, 5.41) is 0. The molecular formula is C71H112O6. The standard InChI is InChI=1S/C71H112O6/c1-4-7-10-13-16-18-20-22-24-26-28-30-32-33-34-35-36-37-39-40-42-44-46-48-50-52-55-58-61-64-70(73)76-67-68(66-75-69(72)63-60-57-54-15-12-9-6-3)77-71(74)65-62-59-56-53-51-49-47-45-43-41-38-31-29-27-25-23-21-19-17-14-11-8-5-2/h7-8,10-11,16-19,22-25,28-31,33-34,36-37,40,42,46,48,52,55,68H,4-6,9,12-15,20-21,26-27,32,35,38-39,41,43-45,47,49-51,53-54,56-67H2,1-3H3/b10-7-,11-8-,18-16-,19-17-,24-22-,25-23-,30-28-,31-29-,34-33-,37-36-,42-40-,48-46-,55-52-. The molecule has 77 heavy (non-hydrogen) atoms. The van der Waals surface area contributed by atoms with Crippen LogP contribution in [0.1, 0.15) is 252 Å². The minimum absolute atomic E-state index is 0.103. The lowest BCUT2D eigenvalue weighted by atomic mass is 10.0. The molecule has 6 heteroatoms. The maximum absolute atomic E-state index is 12.9. The monoisotopic (exact) mass is 1060 g/mol. The molecule has 6 nitrogen and oxygen atoms in total. The van der Waals surface area contributed by atoms with Crippen LogP contribution >= 0.6 is 0 Å². The Kier molecular flexibility index (Phi) is 59.5. The predicted octanol–water partition coefficient (Wildman–Crippen LogP) is 21.3. The highest BCUT2D eigenvalue weighted by Gasteiger charge is 2.19. The first-order chi connectivity index (χ1) is 38.0. The largest absolute Gasteiger partial charge is 0.462 e. The van der Waals surface area contributed by atoms with Gasteiger partial charge in [0.25, 0.3) is 0 Å². The lowest BCUT2D eigenvalue weighted by Crippen LogP contribution is -2.30. The molecule has 0 N–H and O–H groups in total. The molecule has 0 spiro atoms. The van der Waals surface area contributed by atoms with Crippen molar-refractivity contribution in [2.75, 3.05) is 13.2 Å². The molecule has 0 aromatic carbocycles. The summed E-state index contributed by atoms with van der Waals surface area (Å²) in [5.41, 5.74) is 0. The van der Waals surface area contributed by atoms with E-state index in [2.05, 4.69) is 179 Å². The Morgan fingerprint density at radius 1 is 0.273 bits per heavy atom. The van der Waals surface area contributed by atoms with Crippen molar-refractivity contribution in [1.82, 2.24) is 0 Å². The van der Waals surface area contributed by atoms with Gasteiger partial charge in [-0.05, 0) is 122 Å². The zero-order valence-corrected chi connectivity index (χ0v) is 49.4. The van der Waals surface area contributed by atoms with Crippen LogP contribution in [0.2, 0.25) is 0 Å². The third-order valence-electron chi connectivity index (χ3n) is 12.5. The highest BCUT2D eigenvalue weighted by atomic mass is 16.6. The molecule has 0 aromatic heterocycles. The quantitative estimate of drug-likeness (QED) is 0.0261. The summed E-state index contributed by atoms with van der Waals surface area (Å²) in [4.78, 5) is 38.0. The topological polar surface area (TPSA) is 78.9 Å². The van der Waals surface area contributed by atoms with Crippen LogP contribution in [0, 0.1) is 0 Å². The molecule has 0 aliphatic rings. The third-order valence-corrected chi connectivity index (χ3v) is 12.5. The van der Waals surface area contributed by atoms with Gasteiger partial charge < -0.3 is 14.2 Å². The first kappa shape index (κ1) is 72.0. The van der Waals surface area contributed by atoms with Crippen molar-refractivity contribution in [3.63, 3.8) is 0 Å². The van der Waals surface area contributed by atoms with Crippen molar-refractivity contribution in [2.45, 2.75) is 258 Å². The first-order valence-corrected chi connectivity index (χ1v) is 31.0. The van der Waals surface area contributed by atoms with Crippen LogP contribution in [0.25, 0.3) is 0 Å². The number of esters is 3. The SMILES string of the molecule is CC/C=C\C/C=C\C/C=C\C/C=C\C/C=C\C/C=C\C/C=C\C/C=C\C/C=C\CCCC(=O)OCC(COC(=O)CCCCCCCCC)OC(=O)CCCCCCCCCCCC/C=C\C/C=C\C/C=C\C/C=C\CC. The number of carbonyl (C=O) groups excluding carboxylic acids is 3. The fraction of sp³-hybridized carbons (Fsp3) is 0.592. The number of carbonyl (C=O) groups is 3. The summed E-state index contributed by atoms with van der Waals surface area (Å²) in [6, 6.07) is 0. The predicted molar refractivity (Wildman–Crippen MR) is 334 cm³/mol. The van der Waals surface area contributed by atoms with Crippen LogP contribution < -0.4 is 0 Å². The number of ether oxygens (including phenoxy) is 3. The van der Waals surface area contributed by atoms with E-state index in [-0.39, 0.29) is 37.5 Å². The van der Waals surface area contributed by atoms with Gasteiger partial charge in [-0.2, -0.15) is 0 Å². The minimum atomic E-state index is -0.809. The van der Waals surface area contributed by atoms with Gasteiger partial charge in [0.15, 0.2) is 6.10 Å². The maximum Gasteiger partial charge on any atom is 0.306 e. The molecule has 1 unspecified atom stereocenters. The number of allylic oxidation sites excluding steroid dienone is 26. The van der Waals surface area contributed by atoms with Gasteiger partial charge in [-0.3, -0.25) is 14.4 Å². The van der Waals surface area contributed by atoms with Crippen molar-refractivity contribution in [3.05, 3.63) is 158 Å². The second-order valence-corrected chi connectivity index (χ2v) is 19.9. The Morgan fingerprint density at radius 2 is 0.519 bits per heavy atom. The van der Waals surface area contributed by atoms with Gasteiger partial charge in [0.05, 0.1) is 0 Å². The number of hydrogen-bond acceptors (Lipinski definition) is 6. The van der Waals surface area contributed by atoms with E-state index in [0.29, 0.717) is 19.3 Å². The van der Waals surface area contributed by atoms with Crippen molar-refractivity contribution >= 4 is 17.9 Å². The van der Waals surface area contributed by atoms with Crippen LogP contribution in [-0.2, 0) is 28.6 Å². The van der Waals surface area contributed by atoms with Crippen molar-refractivity contribution in [2.24, 2.45) is 0 Å². The Bertz CT molecular complexity index is 1740. The molecular weight excluding hydrogens is 949 g/mol. The van der Waals surface area contributed by atoms with Gasteiger partial charge in [0.1, 0.15) is 13.2 Å². The first-order valence-electron chi connectivity index (χ1n) is 31.0. The normalized spacial score (nSPS) is 13.2. The summed E-state index contributed by atoms with van der Waals surface area (Å²) in [5.74, 6) is -0.982. The maximum atomic E-state index is 12.9. The molecule has 0 saturated carbocycles. The van der Waals surface area contributed by atoms with Gasteiger partial charge in [-0.1, -0.05) is 269 Å². The highest BCUT2D eigenvalue weighted by molar-refractivity contribution is 5.71. The zero-order chi connectivity index (χ0) is 55.7. The molecule has 0 aromatic rings. The Labute approximate surface area is 473 Å². The van der Waals surface area contributed by atoms with E-state index in [0.717, 1.165) is 128 Å². The van der Waals surface area contributed by atoms with E-state index >= 15 is 0 Å². The second kappa shape index (κ2) is 63.6. The van der Waals surface area contributed by atoms with Crippen LogP contribution in [0.15, 0.2) is 158 Å². The van der Waals surface area contributed by atoms with E-state index in [1.54, 1.807) is 0 Å². The average Bonchev–Trinajstić information content (AvgIpc) is 3.43. The minimum Gasteiger partial charge on any atom is -0.462 e. The number of rotatable bonds is 54. The molecule has 0 radical (unpaired) electrons. The fourth-order valence-corrected chi connectivity index (χ4v) is 7.96. The molecule has 0 fully saturated rings. The van der Waals surface area contributed by atoms with Crippen LogP contribution in [0.3, 0.4) is 0 Å². The molecule has 0 heterocycles. The second-order valence-electron chi connectivity index (χ2n) is 19.9. The summed E-state index contributed by atoms with van der Waals surface area (Å²) >= 11 is 0. The van der Waals surface area contributed by atoms with E-state index in [1.807, 2.05) is 0 Å². The van der Waals surface area contributed by atoms with Crippen LogP contribution in [0.4, 0.5) is 0 Å². The zero-order valence-electron chi connectivity index (χ0n) is 49.4. The Hall–Kier alpha value is -4.97. The summed E-state index contributed by atoms with van der Waals surface area (Å²) in [6.45, 7) is 6.31. The van der Waals surface area contributed by atoms with E-state index in [1.165, 1.54) is 77.0 Å². The van der Waals surface area contributed by atoms with Crippen molar-refractivity contribution < 1.29 is 28.6 Å². The van der Waals surface area contributed by atoms with Crippen LogP contribution in [0.5, 0.6) is 0 Å². The number of unbranched alkanes of at least 4 members (excludes halogenated alkanes) is 17. The van der Waals surface area contributed by atoms with Crippen molar-refractivity contribution in [3.8, 4) is 0 Å². The average molecular weight is 1060 g/mol. The summed E-state index contributed by atoms with van der Waals surface area (Å²) in [6.07, 6.45) is 92.7. The smallest absolute Gasteiger partial charge is 0.306 e. The van der Waals surface area contributed by atoms with Gasteiger partial charge in [-0.15, -0.1) is 0 Å². The molecule has 0 amide bonds. The van der Waals surface area contributed by atoms with Gasteiger partial charge in [-0.25, -0.2) is 0 Å². The lowest BCUT2D eigenvalue weighted by Gasteiger charge is -2.18. The van der Waals surface area contributed by atoms with Gasteiger partial charge in [0, 0.05) is 19.3 Å². The van der Waals surface area contributed by atoms with Gasteiger partial charge in [0.2, 0.25) is 0 Å². The van der Waals surface area contributed by atoms with Gasteiger partial charge >= 0.3 is 17.9 Å². The molecule has 432 valence electrons. The number of hydrogen-bond donors (Lipinski definition) is 0.